The van der Waals surface area contributed by atoms with E-state index in [9.17, 15) is 9.59 Å². The van der Waals surface area contributed by atoms with Gasteiger partial charge in [-0.25, -0.2) is 4.79 Å². The zero-order valence-electron chi connectivity index (χ0n) is 16.2. The summed E-state index contributed by atoms with van der Waals surface area (Å²) in [6.45, 7) is 0. The highest BCUT2D eigenvalue weighted by molar-refractivity contribution is 5.92. The lowest BCUT2D eigenvalue weighted by atomic mass is 9.85. The van der Waals surface area contributed by atoms with Gasteiger partial charge in [0.05, 0.1) is 17.4 Å². The zero-order valence-corrected chi connectivity index (χ0v) is 16.2. The third-order valence-corrected chi connectivity index (χ3v) is 5.76. The lowest BCUT2D eigenvalue weighted by Gasteiger charge is -2.27. The molecule has 0 atom stereocenters. The first kappa shape index (κ1) is 18.4. The van der Waals surface area contributed by atoms with E-state index in [1.54, 1.807) is 23.0 Å². The van der Waals surface area contributed by atoms with Gasteiger partial charge in [0, 0.05) is 24.2 Å². The third kappa shape index (κ3) is 3.41. The van der Waals surface area contributed by atoms with E-state index in [2.05, 4.69) is 20.5 Å². The summed E-state index contributed by atoms with van der Waals surface area (Å²) in [6.07, 6.45) is 6.10. The number of carbonyl (C=O) groups excluding carboxylic acids is 1. The van der Waals surface area contributed by atoms with E-state index in [1.807, 2.05) is 36.4 Å². The molecule has 0 spiro atoms. The monoisotopic (exact) mass is 403 g/mol. The maximum Gasteiger partial charge on any atom is 0.420 e. The van der Waals surface area contributed by atoms with Crippen LogP contribution in [0.3, 0.4) is 0 Å². The minimum absolute atomic E-state index is 0.0280. The van der Waals surface area contributed by atoms with Gasteiger partial charge in [-0.1, -0.05) is 30.3 Å². The van der Waals surface area contributed by atoms with Crippen molar-refractivity contribution in [3.8, 4) is 11.3 Å². The number of nitrogens with zero attached hydrogens (tertiary/aromatic N) is 3. The molecule has 1 aliphatic carbocycles. The second-order valence-corrected chi connectivity index (χ2v) is 7.61. The number of anilines is 1. The molecule has 4 aromatic rings. The van der Waals surface area contributed by atoms with Gasteiger partial charge >= 0.3 is 5.76 Å². The summed E-state index contributed by atoms with van der Waals surface area (Å²) in [7, 11) is 0. The first-order valence-electron chi connectivity index (χ1n) is 10.1. The van der Waals surface area contributed by atoms with Gasteiger partial charge in [-0.05, 0) is 37.3 Å². The number of amides is 1. The summed E-state index contributed by atoms with van der Waals surface area (Å²) >= 11 is 0. The fourth-order valence-corrected chi connectivity index (χ4v) is 4.21. The van der Waals surface area contributed by atoms with Crippen LogP contribution in [0.15, 0.2) is 64.1 Å². The number of aromatic amines is 1. The molecule has 1 amide bonds. The van der Waals surface area contributed by atoms with Crippen LogP contribution in [0, 0.1) is 5.92 Å². The summed E-state index contributed by atoms with van der Waals surface area (Å²) in [4.78, 5) is 29.0. The van der Waals surface area contributed by atoms with Gasteiger partial charge in [-0.3, -0.25) is 19.4 Å². The largest absolute Gasteiger partial charge is 0.420 e. The summed E-state index contributed by atoms with van der Waals surface area (Å²) in [6, 6.07) is 13.5. The molecule has 0 radical (unpaired) electrons. The average molecular weight is 403 g/mol. The second-order valence-electron chi connectivity index (χ2n) is 7.61. The molecule has 2 N–H and O–H groups in total. The molecule has 8 heteroatoms. The van der Waals surface area contributed by atoms with Gasteiger partial charge in [0.1, 0.15) is 0 Å². The Balaban J connectivity index is 1.24. The number of fused-ring (bicyclic) bond motifs is 1. The van der Waals surface area contributed by atoms with Crippen LogP contribution in [0.2, 0.25) is 0 Å². The minimum atomic E-state index is -0.365. The van der Waals surface area contributed by atoms with Crippen LogP contribution in [0.1, 0.15) is 31.7 Å². The van der Waals surface area contributed by atoms with Crippen molar-refractivity contribution in [3.05, 3.63) is 65.4 Å². The Morgan fingerprint density at radius 2 is 1.93 bits per heavy atom. The number of hydrogen-bond acceptors (Lipinski definition) is 5. The maximum absolute atomic E-state index is 12.7. The average Bonchev–Trinajstić information content (AvgIpc) is 3.38. The lowest BCUT2D eigenvalue weighted by molar-refractivity contribution is -0.121. The van der Waals surface area contributed by atoms with Gasteiger partial charge in [0.2, 0.25) is 5.91 Å². The Labute approximate surface area is 171 Å². The standard InChI is InChI=1S/C22H21N5O3/c28-21(24-20-12-17(25-26-20)14-4-2-1-3-5-14)15-6-8-16(9-7-15)27-18-10-11-23-13-19(18)30-22(27)29/h1-5,10-13,15-16H,6-9H2,(H2,24,25,26,28). The van der Waals surface area contributed by atoms with Crippen LogP contribution in [-0.4, -0.2) is 25.7 Å². The number of rotatable bonds is 4. The van der Waals surface area contributed by atoms with Crippen molar-refractivity contribution in [3.63, 3.8) is 0 Å². The molecule has 8 nitrogen and oxygen atoms in total. The predicted molar refractivity (Wildman–Crippen MR) is 112 cm³/mol. The van der Waals surface area contributed by atoms with Gasteiger partial charge in [0.15, 0.2) is 11.4 Å². The van der Waals surface area contributed by atoms with E-state index in [0.717, 1.165) is 29.6 Å². The molecular weight excluding hydrogens is 382 g/mol. The number of benzene rings is 1. The van der Waals surface area contributed by atoms with E-state index < -0.39 is 0 Å². The smallest absolute Gasteiger partial charge is 0.406 e. The van der Waals surface area contributed by atoms with E-state index >= 15 is 0 Å². The number of H-pyrrole nitrogens is 1. The van der Waals surface area contributed by atoms with Crippen LogP contribution >= 0.6 is 0 Å². The number of oxazole rings is 1. The summed E-state index contributed by atoms with van der Waals surface area (Å²) in [5.41, 5.74) is 3.12. The molecule has 0 aliphatic heterocycles. The van der Waals surface area contributed by atoms with E-state index in [0.29, 0.717) is 24.2 Å². The van der Waals surface area contributed by atoms with Crippen molar-refractivity contribution in [2.75, 3.05) is 5.32 Å². The highest BCUT2D eigenvalue weighted by Gasteiger charge is 2.29. The lowest BCUT2D eigenvalue weighted by Crippen LogP contribution is -2.30. The first-order valence-corrected chi connectivity index (χ1v) is 10.1. The van der Waals surface area contributed by atoms with Crippen LogP contribution in [0.25, 0.3) is 22.4 Å². The number of nitrogens with one attached hydrogen (secondary N) is 2. The minimum Gasteiger partial charge on any atom is -0.406 e. The van der Waals surface area contributed by atoms with Gasteiger partial charge in [0.25, 0.3) is 0 Å². The summed E-state index contributed by atoms with van der Waals surface area (Å²) < 4.78 is 7.00. The van der Waals surface area contributed by atoms with Crippen molar-refractivity contribution >= 4 is 22.8 Å². The van der Waals surface area contributed by atoms with Gasteiger partial charge in [-0.15, -0.1) is 0 Å². The van der Waals surface area contributed by atoms with Crippen LogP contribution in [0.5, 0.6) is 0 Å². The van der Waals surface area contributed by atoms with Gasteiger partial charge < -0.3 is 9.73 Å². The molecule has 5 rings (SSSR count). The highest BCUT2D eigenvalue weighted by Crippen LogP contribution is 2.34. The van der Waals surface area contributed by atoms with Crippen molar-refractivity contribution in [1.29, 1.82) is 0 Å². The maximum atomic E-state index is 12.7. The second kappa shape index (κ2) is 7.62. The molecule has 3 heterocycles. The molecule has 3 aromatic heterocycles. The van der Waals surface area contributed by atoms with E-state index in [1.165, 1.54) is 0 Å². The van der Waals surface area contributed by atoms with Crippen molar-refractivity contribution in [1.82, 2.24) is 19.7 Å². The predicted octanol–water partition coefficient (Wildman–Crippen LogP) is 3.75. The van der Waals surface area contributed by atoms with E-state index in [-0.39, 0.29) is 23.6 Å². The quantitative estimate of drug-likeness (QED) is 0.540. The highest BCUT2D eigenvalue weighted by atomic mass is 16.4. The topological polar surface area (TPSA) is 106 Å². The third-order valence-electron chi connectivity index (χ3n) is 5.76. The normalized spacial score (nSPS) is 19.1. The van der Waals surface area contributed by atoms with Crippen molar-refractivity contribution in [2.45, 2.75) is 31.7 Å². The molecule has 1 aromatic carbocycles. The molecule has 30 heavy (non-hydrogen) atoms. The molecule has 1 fully saturated rings. The number of aromatic nitrogens is 4. The zero-order chi connectivity index (χ0) is 20.5. The SMILES string of the molecule is O=C(Nc1cc(-c2ccccc2)[nH]n1)C1CCC(n2c(=O)oc3cnccc32)CC1. The number of pyridine rings is 1. The van der Waals surface area contributed by atoms with Crippen LogP contribution < -0.4 is 11.1 Å². The fraction of sp³-hybridized carbons (Fsp3) is 0.273. The molecule has 1 saturated carbocycles. The molecule has 152 valence electrons. The van der Waals surface area contributed by atoms with E-state index in [4.69, 9.17) is 4.42 Å². The van der Waals surface area contributed by atoms with Crippen LogP contribution in [-0.2, 0) is 4.79 Å². The number of hydrogen-bond donors (Lipinski definition) is 2. The van der Waals surface area contributed by atoms with Gasteiger partial charge in [-0.2, -0.15) is 5.10 Å². The summed E-state index contributed by atoms with van der Waals surface area (Å²) in [5.74, 6) is 0.0169. The summed E-state index contributed by atoms with van der Waals surface area (Å²) in [5, 5.41) is 10.1. The molecule has 0 bridgehead atoms. The molecular formula is C22H21N5O3. The number of carbonyl (C=O) groups is 1. The Morgan fingerprint density at radius 3 is 2.73 bits per heavy atom. The van der Waals surface area contributed by atoms with Crippen LogP contribution in [0.4, 0.5) is 5.82 Å². The fourth-order valence-electron chi connectivity index (χ4n) is 4.21. The Kier molecular flexibility index (Phi) is 4.66. The molecule has 0 unspecified atom stereocenters. The Morgan fingerprint density at radius 1 is 1.13 bits per heavy atom. The Hall–Kier alpha value is -3.68. The van der Waals surface area contributed by atoms with Crippen molar-refractivity contribution in [2.24, 2.45) is 5.92 Å². The van der Waals surface area contributed by atoms with Crippen molar-refractivity contribution < 1.29 is 9.21 Å². The first-order chi connectivity index (χ1) is 14.7. The molecule has 0 saturated heterocycles. The molecule has 1 aliphatic rings. The Bertz CT molecular complexity index is 1230.